The molecule has 0 bridgehead atoms. The minimum atomic E-state index is -0.607. The molecule has 0 saturated heterocycles. The fourth-order valence-corrected chi connectivity index (χ4v) is 2.81. The number of amides is 1. The fraction of sp³-hybridized carbons (Fsp3) is 0.100. The lowest BCUT2D eigenvalue weighted by atomic mass is 10.1. The number of pyridine rings is 1. The highest BCUT2D eigenvalue weighted by Crippen LogP contribution is 2.18. The van der Waals surface area contributed by atoms with E-state index in [1.165, 1.54) is 24.4 Å². The van der Waals surface area contributed by atoms with Crippen LogP contribution < -0.4 is 10.7 Å². The second-order valence-electron chi connectivity index (χ2n) is 5.84. The summed E-state index contributed by atoms with van der Waals surface area (Å²) in [5.74, 6) is -1.17. The number of hydrogen-bond donors (Lipinski definition) is 3. The van der Waals surface area contributed by atoms with Gasteiger partial charge in [0, 0.05) is 28.7 Å². The van der Waals surface area contributed by atoms with Crippen LogP contribution in [0.4, 0.5) is 4.39 Å². The van der Waals surface area contributed by atoms with Crippen LogP contribution in [-0.4, -0.2) is 22.6 Å². The summed E-state index contributed by atoms with van der Waals surface area (Å²) in [6.07, 6.45) is 4.23. The number of carbonyl (C=O) groups is 1. The van der Waals surface area contributed by atoms with Gasteiger partial charge in [0.2, 0.25) is 5.43 Å². The van der Waals surface area contributed by atoms with Crippen LogP contribution in [0.3, 0.4) is 0 Å². The summed E-state index contributed by atoms with van der Waals surface area (Å²) >= 11 is 5.82. The first-order valence-corrected chi connectivity index (χ1v) is 8.52. The first kappa shape index (κ1) is 18.8. The van der Waals surface area contributed by atoms with E-state index in [0.717, 1.165) is 11.6 Å². The minimum absolute atomic E-state index is 0.0618. The van der Waals surface area contributed by atoms with Crippen molar-refractivity contribution in [3.63, 3.8) is 0 Å². The number of benzene rings is 2. The van der Waals surface area contributed by atoms with Gasteiger partial charge in [-0.1, -0.05) is 35.9 Å². The van der Waals surface area contributed by atoms with Crippen molar-refractivity contribution < 1.29 is 14.3 Å². The number of H-pyrrole nitrogens is 1. The van der Waals surface area contributed by atoms with Gasteiger partial charge in [0.05, 0.1) is 12.1 Å². The number of halogens is 2. The monoisotopic (exact) mass is 386 g/mol. The Kier molecular flexibility index (Phi) is 5.69. The van der Waals surface area contributed by atoms with Gasteiger partial charge in [-0.2, -0.15) is 0 Å². The summed E-state index contributed by atoms with van der Waals surface area (Å²) in [5, 5.41) is 12.2. The summed E-state index contributed by atoms with van der Waals surface area (Å²) in [7, 11) is 0. The molecule has 0 aliphatic rings. The van der Waals surface area contributed by atoms with Crippen molar-refractivity contribution in [2.24, 2.45) is 0 Å². The molecule has 0 aliphatic carbocycles. The number of aliphatic hydroxyl groups is 1. The van der Waals surface area contributed by atoms with Gasteiger partial charge in [-0.15, -0.1) is 0 Å². The molecule has 5 nitrogen and oxygen atoms in total. The van der Waals surface area contributed by atoms with Crippen molar-refractivity contribution in [2.45, 2.75) is 6.54 Å². The summed E-state index contributed by atoms with van der Waals surface area (Å²) in [6.45, 7) is 0.00848. The van der Waals surface area contributed by atoms with Crippen molar-refractivity contribution in [1.82, 2.24) is 10.3 Å². The van der Waals surface area contributed by atoms with E-state index in [9.17, 15) is 14.0 Å². The maximum atomic E-state index is 13.9. The molecule has 1 aromatic heterocycles. The molecule has 1 amide bonds. The highest BCUT2D eigenvalue weighted by atomic mass is 35.5. The number of hydrogen-bond acceptors (Lipinski definition) is 3. The smallest absolute Gasteiger partial charge is 0.257 e. The fourth-order valence-electron chi connectivity index (χ4n) is 2.68. The molecule has 0 fully saturated rings. The first-order chi connectivity index (χ1) is 13.0. The molecule has 3 aromatic rings. The van der Waals surface area contributed by atoms with Crippen LogP contribution in [0.1, 0.15) is 21.5 Å². The van der Waals surface area contributed by atoms with E-state index in [-0.39, 0.29) is 24.1 Å². The molecule has 0 saturated carbocycles. The van der Waals surface area contributed by atoms with Crippen molar-refractivity contribution in [3.05, 3.63) is 86.4 Å². The van der Waals surface area contributed by atoms with Crippen LogP contribution in [-0.2, 0) is 6.54 Å². The summed E-state index contributed by atoms with van der Waals surface area (Å²) in [4.78, 5) is 27.9. The van der Waals surface area contributed by atoms with Gasteiger partial charge in [-0.25, -0.2) is 4.39 Å². The third-order valence-electron chi connectivity index (χ3n) is 4.00. The van der Waals surface area contributed by atoms with Gasteiger partial charge in [0.15, 0.2) is 0 Å². The lowest BCUT2D eigenvalue weighted by Gasteiger charge is -2.08. The maximum absolute atomic E-state index is 13.9. The molecule has 138 valence electrons. The zero-order chi connectivity index (χ0) is 19.4. The molecule has 0 atom stereocenters. The van der Waals surface area contributed by atoms with Crippen LogP contribution >= 0.6 is 11.6 Å². The SMILES string of the molecule is O=C(NCc1ccc(Cl)cc1)c1c[nH]c2c(C=CCO)cc(F)cc2c1=O. The Morgan fingerprint density at radius 2 is 2.00 bits per heavy atom. The maximum Gasteiger partial charge on any atom is 0.257 e. The van der Waals surface area contributed by atoms with Gasteiger partial charge in [0.25, 0.3) is 5.91 Å². The standard InChI is InChI=1S/C20H16ClFN2O3/c21-14-5-3-12(4-6-14)10-24-20(27)17-11-23-18-13(2-1-7-25)8-15(22)9-16(18)19(17)26/h1-6,8-9,11,25H,7,10H2,(H,23,26)(H,24,27). The average Bonchev–Trinajstić information content (AvgIpc) is 2.66. The van der Waals surface area contributed by atoms with E-state index in [4.69, 9.17) is 16.7 Å². The zero-order valence-electron chi connectivity index (χ0n) is 14.1. The van der Waals surface area contributed by atoms with E-state index in [2.05, 4.69) is 10.3 Å². The van der Waals surface area contributed by atoms with Crippen molar-refractivity contribution in [1.29, 1.82) is 0 Å². The van der Waals surface area contributed by atoms with Crippen molar-refractivity contribution in [2.75, 3.05) is 6.61 Å². The van der Waals surface area contributed by atoms with Gasteiger partial charge < -0.3 is 15.4 Å². The lowest BCUT2D eigenvalue weighted by Crippen LogP contribution is -2.28. The molecule has 0 unspecified atom stereocenters. The van der Waals surface area contributed by atoms with Gasteiger partial charge >= 0.3 is 0 Å². The highest BCUT2D eigenvalue weighted by Gasteiger charge is 2.15. The Labute approximate surface area is 159 Å². The quantitative estimate of drug-likeness (QED) is 0.629. The third-order valence-corrected chi connectivity index (χ3v) is 4.25. The third kappa shape index (κ3) is 4.24. The molecule has 0 radical (unpaired) electrons. The van der Waals surface area contributed by atoms with Gasteiger partial charge in [-0.3, -0.25) is 9.59 Å². The number of aromatic amines is 1. The number of nitrogens with one attached hydrogen (secondary N) is 2. The van der Waals surface area contributed by atoms with E-state index < -0.39 is 17.2 Å². The molecule has 0 aliphatic heterocycles. The molecule has 7 heteroatoms. The summed E-state index contributed by atoms with van der Waals surface area (Å²) in [5.41, 5.74) is 0.937. The molecular weight excluding hydrogens is 371 g/mol. The van der Waals surface area contributed by atoms with Crippen LogP contribution in [0.2, 0.25) is 5.02 Å². The highest BCUT2D eigenvalue weighted by molar-refractivity contribution is 6.30. The zero-order valence-corrected chi connectivity index (χ0v) is 14.9. The van der Waals surface area contributed by atoms with Crippen molar-refractivity contribution >= 4 is 34.5 Å². The largest absolute Gasteiger partial charge is 0.392 e. The predicted molar refractivity (Wildman–Crippen MR) is 103 cm³/mol. The Morgan fingerprint density at radius 3 is 2.70 bits per heavy atom. The lowest BCUT2D eigenvalue weighted by molar-refractivity contribution is 0.0949. The van der Waals surface area contributed by atoms with Crippen molar-refractivity contribution in [3.8, 4) is 0 Å². The Balaban J connectivity index is 1.92. The summed E-state index contributed by atoms with van der Waals surface area (Å²) < 4.78 is 13.9. The number of aliphatic hydroxyl groups excluding tert-OH is 1. The molecule has 3 N–H and O–H groups in total. The number of aromatic nitrogens is 1. The molecular formula is C20H16ClFN2O3. The van der Waals surface area contributed by atoms with Crippen LogP contribution in [0.25, 0.3) is 17.0 Å². The predicted octanol–water partition coefficient (Wildman–Crippen LogP) is 3.26. The Bertz CT molecular complexity index is 1080. The van der Waals surface area contributed by atoms with Crippen LogP contribution in [0.15, 0.2) is 53.5 Å². The Morgan fingerprint density at radius 1 is 1.26 bits per heavy atom. The molecule has 3 rings (SSSR count). The topological polar surface area (TPSA) is 82.2 Å². The molecule has 1 heterocycles. The van der Waals surface area contributed by atoms with E-state index in [1.54, 1.807) is 24.3 Å². The normalized spacial score (nSPS) is 11.2. The van der Waals surface area contributed by atoms with Gasteiger partial charge in [-0.05, 0) is 29.8 Å². The Hall–Kier alpha value is -2.96. The molecule has 27 heavy (non-hydrogen) atoms. The van der Waals surface area contributed by atoms with E-state index in [1.807, 2.05) is 0 Å². The first-order valence-electron chi connectivity index (χ1n) is 8.14. The second-order valence-corrected chi connectivity index (χ2v) is 6.28. The molecule has 0 spiro atoms. The number of carbonyl (C=O) groups excluding carboxylic acids is 1. The van der Waals surface area contributed by atoms with Crippen LogP contribution in [0, 0.1) is 5.82 Å². The molecule has 2 aromatic carbocycles. The average molecular weight is 387 g/mol. The summed E-state index contributed by atoms with van der Waals surface area (Å²) in [6, 6.07) is 9.27. The van der Waals surface area contributed by atoms with Gasteiger partial charge in [0.1, 0.15) is 11.4 Å². The minimum Gasteiger partial charge on any atom is -0.392 e. The number of fused-ring (bicyclic) bond motifs is 1. The second kappa shape index (κ2) is 8.16. The van der Waals surface area contributed by atoms with E-state index >= 15 is 0 Å². The van der Waals surface area contributed by atoms with Crippen LogP contribution in [0.5, 0.6) is 0 Å². The number of rotatable bonds is 5. The van der Waals surface area contributed by atoms with E-state index in [0.29, 0.717) is 16.1 Å².